The Bertz CT molecular complexity index is 456. The Balaban J connectivity index is 1.87. The van der Waals surface area contributed by atoms with Crippen molar-refractivity contribution in [2.75, 3.05) is 0 Å². The van der Waals surface area contributed by atoms with Gasteiger partial charge < -0.3 is 0 Å². The van der Waals surface area contributed by atoms with E-state index >= 15 is 0 Å². The Morgan fingerprint density at radius 3 is 1.71 bits per heavy atom. The van der Waals surface area contributed by atoms with Crippen LogP contribution in [0.1, 0.15) is 22.8 Å². The van der Waals surface area contributed by atoms with Crippen LogP contribution >= 0.6 is 11.8 Å². The lowest BCUT2D eigenvalue weighted by molar-refractivity contribution is 1.03. The molecule has 0 N–H and O–H groups in total. The summed E-state index contributed by atoms with van der Waals surface area (Å²) in [4.78, 5) is 17.0. The van der Waals surface area contributed by atoms with Gasteiger partial charge in [-0.25, -0.2) is 0 Å². The van der Waals surface area contributed by atoms with Gasteiger partial charge in [0.2, 0.25) is 0 Å². The van der Waals surface area contributed by atoms with Crippen LogP contribution in [0.15, 0.2) is 24.8 Å². The molecule has 0 fully saturated rings. The number of nitrogens with zero attached hydrogens (tertiary/aromatic N) is 4. The first-order valence-electron chi connectivity index (χ1n) is 5.37. The fourth-order valence-electron chi connectivity index (χ4n) is 1.43. The van der Waals surface area contributed by atoms with Crippen molar-refractivity contribution >= 4 is 11.8 Å². The topological polar surface area (TPSA) is 51.6 Å². The molecule has 0 aliphatic carbocycles. The van der Waals surface area contributed by atoms with E-state index in [2.05, 4.69) is 19.9 Å². The molecule has 2 rings (SSSR count). The predicted molar refractivity (Wildman–Crippen MR) is 68.5 cm³/mol. The van der Waals surface area contributed by atoms with E-state index in [0.29, 0.717) is 0 Å². The molecule has 0 aliphatic rings. The smallest absolute Gasteiger partial charge is 0.0688 e. The van der Waals surface area contributed by atoms with Gasteiger partial charge in [-0.1, -0.05) is 0 Å². The van der Waals surface area contributed by atoms with Crippen LogP contribution in [0.5, 0.6) is 0 Å². The molecule has 0 unspecified atom stereocenters. The summed E-state index contributed by atoms with van der Waals surface area (Å²) < 4.78 is 0. The fraction of sp³-hybridized carbons (Fsp3) is 0.333. The number of aryl methyl sites for hydroxylation is 2. The number of hydrogen-bond acceptors (Lipinski definition) is 5. The van der Waals surface area contributed by atoms with Crippen LogP contribution in [0.2, 0.25) is 0 Å². The standard InChI is InChI=1S/C12H14N4S/c1-9-3-13-5-11(15-9)7-17-8-12-6-14-4-10(2)16-12/h3-6H,7-8H2,1-2H3. The highest BCUT2D eigenvalue weighted by Crippen LogP contribution is 2.14. The molecule has 0 saturated carbocycles. The third-order valence-electron chi connectivity index (χ3n) is 2.11. The molecular weight excluding hydrogens is 232 g/mol. The van der Waals surface area contributed by atoms with E-state index in [4.69, 9.17) is 0 Å². The highest BCUT2D eigenvalue weighted by atomic mass is 32.2. The summed E-state index contributed by atoms with van der Waals surface area (Å²) in [5.41, 5.74) is 3.93. The predicted octanol–water partition coefficient (Wildman–Crippen LogP) is 2.32. The molecule has 0 amide bonds. The van der Waals surface area contributed by atoms with E-state index in [1.54, 1.807) is 24.2 Å². The normalized spacial score (nSPS) is 10.5. The molecule has 2 heterocycles. The van der Waals surface area contributed by atoms with Gasteiger partial charge >= 0.3 is 0 Å². The zero-order chi connectivity index (χ0) is 12.1. The molecule has 0 atom stereocenters. The largest absolute Gasteiger partial charge is 0.261 e. The first-order chi connectivity index (χ1) is 8.24. The van der Waals surface area contributed by atoms with Crippen molar-refractivity contribution in [1.29, 1.82) is 0 Å². The lowest BCUT2D eigenvalue weighted by atomic mass is 10.4. The highest BCUT2D eigenvalue weighted by Gasteiger charge is 1.99. The maximum absolute atomic E-state index is 4.40. The van der Waals surface area contributed by atoms with Crippen LogP contribution in [0.3, 0.4) is 0 Å². The average Bonchev–Trinajstić information content (AvgIpc) is 2.29. The minimum atomic E-state index is 0.851. The highest BCUT2D eigenvalue weighted by molar-refractivity contribution is 7.97. The molecule has 0 spiro atoms. The molecule has 4 nitrogen and oxygen atoms in total. The van der Waals surface area contributed by atoms with Crippen LogP contribution in [0, 0.1) is 13.8 Å². The van der Waals surface area contributed by atoms with E-state index in [0.717, 1.165) is 34.3 Å². The number of rotatable bonds is 4. The number of aromatic nitrogens is 4. The summed E-state index contributed by atoms with van der Waals surface area (Å²) in [5.74, 6) is 1.70. The van der Waals surface area contributed by atoms with Crippen molar-refractivity contribution in [2.45, 2.75) is 25.4 Å². The summed E-state index contributed by atoms with van der Waals surface area (Å²) in [6, 6.07) is 0. The molecule has 88 valence electrons. The molecule has 5 heteroatoms. The second-order valence-corrected chi connectivity index (χ2v) is 4.78. The second-order valence-electron chi connectivity index (χ2n) is 3.80. The first kappa shape index (κ1) is 12.0. The summed E-state index contributed by atoms with van der Waals surface area (Å²) in [5, 5.41) is 0. The molecule has 0 bridgehead atoms. The third kappa shape index (κ3) is 3.78. The van der Waals surface area contributed by atoms with Gasteiger partial charge in [0, 0.05) is 36.3 Å². The van der Waals surface area contributed by atoms with Crippen LogP contribution in [0.4, 0.5) is 0 Å². The monoisotopic (exact) mass is 246 g/mol. The van der Waals surface area contributed by atoms with Crippen LogP contribution in [-0.2, 0) is 11.5 Å². The van der Waals surface area contributed by atoms with Crippen molar-refractivity contribution in [2.24, 2.45) is 0 Å². The summed E-state index contributed by atoms with van der Waals surface area (Å²) in [6.07, 6.45) is 7.14. The van der Waals surface area contributed by atoms with Crippen LogP contribution in [-0.4, -0.2) is 19.9 Å². The molecule has 17 heavy (non-hydrogen) atoms. The maximum atomic E-state index is 4.40. The molecule has 0 aliphatic heterocycles. The van der Waals surface area contributed by atoms with Gasteiger partial charge in [0.15, 0.2) is 0 Å². The molecular formula is C12H14N4S. The van der Waals surface area contributed by atoms with E-state index in [-0.39, 0.29) is 0 Å². The SMILES string of the molecule is Cc1cncc(CSCc2cncc(C)n2)n1. The average molecular weight is 246 g/mol. The van der Waals surface area contributed by atoms with E-state index in [1.807, 2.05) is 26.2 Å². The molecule has 0 aromatic carbocycles. The summed E-state index contributed by atoms with van der Waals surface area (Å²) >= 11 is 1.77. The van der Waals surface area contributed by atoms with Gasteiger partial charge in [-0.05, 0) is 13.8 Å². The summed E-state index contributed by atoms with van der Waals surface area (Å²) in [7, 11) is 0. The van der Waals surface area contributed by atoms with Gasteiger partial charge in [0.05, 0.1) is 22.8 Å². The van der Waals surface area contributed by atoms with Crippen LogP contribution in [0.25, 0.3) is 0 Å². The Hall–Kier alpha value is -1.49. The minimum absolute atomic E-state index is 0.851. The molecule has 2 aromatic rings. The number of hydrogen-bond donors (Lipinski definition) is 0. The lowest BCUT2D eigenvalue weighted by Gasteiger charge is -2.02. The maximum Gasteiger partial charge on any atom is 0.0688 e. The van der Waals surface area contributed by atoms with Crippen molar-refractivity contribution in [3.8, 4) is 0 Å². The molecule has 0 radical (unpaired) electrons. The van der Waals surface area contributed by atoms with Crippen molar-refractivity contribution < 1.29 is 0 Å². The van der Waals surface area contributed by atoms with Crippen molar-refractivity contribution in [3.05, 3.63) is 47.6 Å². The van der Waals surface area contributed by atoms with Gasteiger partial charge in [0.25, 0.3) is 0 Å². The van der Waals surface area contributed by atoms with E-state index in [1.165, 1.54) is 0 Å². The Morgan fingerprint density at radius 2 is 1.29 bits per heavy atom. The number of thioether (sulfide) groups is 1. The van der Waals surface area contributed by atoms with E-state index in [9.17, 15) is 0 Å². The minimum Gasteiger partial charge on any atom is -0.261 e. The van der Waals surface area contributed by atoms with E-state index < -0.39 is 0 Å². The molecule has 0 saturated heterocycles. The fourth-order valence-corrected chi connectivity index (χ4v) is 2.23. The van der Waals surface area contributed by atoms with Crippen LogP contribution < -0.4 is 0 Å². The quantitative estimate of drug-likeness (QED) is 0.828. The Morgan fingerprint density at radius 1 is 0.824 bits per heavy atom. The Labute approximate surface area is 105 Å². The lowest BCUT2D eigenvalue weighted by Crippen LogP contribution is -1.94. The second kappa shape index (κ2) is 5.72. The van der Waals surface area contributed by atoms with Gasteiger partial charge in [-0.3, -0.25) is 19.9 Å². The molecule has 2 aromatic heterocycles. The van der Waals surface area contributed by atoms with Gasteiger partial charge in [-0.15, -0.1) is 11.8 Å². The van der Waals surface area contributed by atoms with Gasteiger partial charge in [0.1, 0.15) is 0 Å². The summed E-state index contributed by atoms with van der Waals surface area (Å²) in [6.45, 7) is 3.90. The zero-order valence-electron chi connectivity index (χ0n) is 9.92. The van der Waals surface area contributed by atoms with Crippen molar-refractivity contribution in [3.63, 3.8) is 0 Å². The zero-order valence-corrected chi connectivity index (χ0v) is 10.7. The Kier molecular flexibility index (Phi) is 4.03. The van der Waals surface area contributed by atoms with Gasteiger partial charge in [-0.2, -0.15) is 0 Å². The third-order valence-corrected chi connectivity index (χ3v) is 3.11. The van der Waals surface area contributed by atoms with Crippen molar-refractivity contribution in [1.82, 2.24) is 19.9 Å². The first-order valence-corrected chi connectivity index (χ1v) is 6.52.